The molecular weight excluding hydrogens is 417 g/mol. The van der Waals surface area contributed by atoms with Gasteiger partial charge in [-0.1, -0.05) is 35.3 Å². The van der Waals surface area contributed by atoms with E-state index in [4.69, 9.17) is 33.0 Å². The first-order valence-electron chi connectivity index (χ1n) is 8.92. The van der Waals surface area contributed by atoms with E-state index in [1.54, 1.807) is 48.5 Å². The number of ether oxygens (including phenoxy) is 1. The fourth-order valence-corrected chi connectivity index (χ4v) is 3.45. The second-order valence-corrected chi connectivity index (χ2v) is 7.26. The number of hydrogen-bond donors (Lipinski definition) is 2. The van der Waals surface area contributed by atoms with Gasteiger partial charge in [0.2, 0.25) is 0 Å². The summed E-state index contributed by atoms with van der Waals surface area (Å²) in [5.41, 5.74) is 0.996. The molecule has 0 spiro atoms. The molecular formula is C21H19Cl2NO5. The van der Waals surface area contributed by atoms with Crippen molar-refractivity contribution in [2.75, 3.05) is 26.4 Å². The normalized spacial score (nSPS) is 18.4. The number of carbonyl (C=O) groups excluding carboxylic acids is 2. The van der Waals surface area contributed by atoms with Crippen molar-refractivity contribution in [3.63, 3.8) is 0 Å². The number of carbonyl (C=O) groups is 2. The van der Waals surface area contributed by atoms with Crippen LogP contribution in [0.4, 0.5) is 0 Å². The fourth-order valence-electron chi connectivity index (χ4n) is 3.20. The van der Waals surface area contributed by atoms with E-state index in [-0.39, 0.29) is 37.7 Å². The second kappa shape index (κ2) is 9.41. The Balaban J connectivity index is 2.05. The minimum absolute atomic E-state index is 0.0122. The van der Waals surface area contributed by atoms with Gasteiger partial charge in [0.05, 0.1) is 31.4 Å². The molecule has 0 saturated carbocycles. The van der Waals surface area contributed by atoms with Crippen LogP contribution in [0.25, 0.3) is 5.76 Å². The van der Waals surface area contributed by atoms with Crippen LogP contribution in [0.15, 0.2) is 54.1 Å². The van der Waals surface area contributed by atoms with E-state index in [9.17, 15) is 14.7 Å². The number of likely N-dealkylation sites (tertiary alicyclic amines) is 1. The average Bonchev–Trinajstić information content (AvgIpc) is 2.96. The number of amides is 1. The molecule has 1 unspecified atom stereocenters. The minimum Gasteiger partial charge on any atom is -0.507 e. The van der Waals surface area contributed by atoms with Crippen LogP contribution < -0.4 is 0 Å². The van der Waals surface area contributed by atoms with Crippen LogP contribution in [0.2, 0.25) is 10.0 Å². The lowest BCUT2D eigenvalue weighted by atomic mass is 9.95. The monoisotopic (exact) mass is 435 g/mol. The van der Waals surface area contributed by atoms with Crippen molar-refractivity contribution in [3.8, 4) is 0 Å². The number of ketones is 1. The molecule has 1 saturated heterocycles. The van der Waals surface area contributed by atoms with Gasteiger partial charge in [-0.05, 0) is 42.0 Å². The summed E-state index contributed by atoms with van der Waals surface area (Å²) in [6.07, 6.45) is 0. The zero-order chi connectivity index (χ0) is 21.0. The number of hydrogen-bond acceptors (Lipinski definition) is 5. The van der Waals surface area contributed by atoms with E-state index in [1.807, 2.05) is 0 Å². The first-order valence-corrected chi connectivity index (χ1v) is 9.68. The lowest BCUT2D eigenvalue weighted by molar-refractivity contribution is -0.140. The van der Waals surface area contributed by atoms with Gasteiger partial charge in [0.1, 0.15) is 5.76 Å². The molecule has 0 bridgehead atoms. The summed E-state index contributed by atoms with van der Waals surface area (Å²) >= 11 is 11.9. The molecule has 6 nitrogen and oxygen atoms in total. The smallest absolute Gasteiger partial charge is 0.295 e. The Labute approximate surface area is 177 Å². The van der Waals surface area contributed by atoms with Crippen LogP contribution in [0.3, 0.4) is 0 Å². The first kappa shape index (κ1) is 21.3. The predicted molar refractivity (Wildman–Crippen MR) is 110 cm³/mol. The molecule has 0 aliphatic carbocycles. The number of benzene rings is 2. The third kappa shape index (κ3) is 4.62. The summed E-state index contributed by atoms with van der Waals surface area (Å²) < 4.78 is 5.26. The summed E-state index contributed by atoms with van der Waals surface area (Å²) in [7, 11) is 0. The van der Waals surface area contributed by atoms with Crippen LogP contribution in [0, 0.1) is 0 Å². The molecule has 1 heterocycles. The van der Waals surface area contributed by atoms with Gasteiger partial charge in [-0.15, -0.1) is 0 Å². The molecule has 1 atom stereocenters. The lowest BCUT2D eigenvalue weighted by Crippen LogP contribution is -2.33. The maximum atomic E-state index is 12.8. The van der Waals surface area contributed by atoms with Crippen molar-refractivity contribution < 1.29 is 24.5 Å². The SMILES string of the molecule is O=C1C(=O)N(CCOCCO)C(c2ccc(Cl)cc2)/C1=C(\O)c1ccc(Cl)cc1. The van der Waals surface area contributed by atoms with Crippen LogP contribution in [-0.4, -0.2) is 53.2 Å². The maximum absolute atomic E-state index is 12.8. The van der Waals surface area contributed by atoms with Crippen molar-refractivity contribution in [2.24, 2.45) is 0 Å². The van der Waals surface area contributed by atoms with Crippen LogP contribution in [0.5, 0.6) is 0 Å². The summed E-state index contributed by atoms with van der Waals surface area (Å²) in [4.78, 5) is 26.8. The van der Waals surface area contributed by atoms with Gasteiger partial charge in [-0.2, -0.15) is 0 Å². The Morgan fingerprint density at radius 3 is 2.14 bits per heavy atom. The lowest BCUT2D eigenvalue weighted by Gasteiger charge is -2.25. The van der Waals surface area contributed by atoms with Crippen LogP contribution in [0.1, 0.15) is 17.2 Å². The third-order valence-corrected chi connectivity index (χ3v) is 5.06. The minimum atomic E-state index is -0.791. The predicted octanol–water partition coefficient (Wildman–Crippen LogP) is 3.42. The Bertz CT molecular complexity index is 925. The second-order valence-electron chi connectivity index (χ2n) is 6.39. The molecule has 1 fully saturated rings. The standard InChI is InChI=1S/C21H19Cl2NO5/c22-15-5-1-13(2-6-15)18-17(19(26)14-3-7-16(23)8-4-14)20(27)21(28)24(18)9-11-29-12-10-25/h1-8,18,25-26H,9-12H2/b19-17+. The van der Waals surface area contributed by atoms with Gasteiger partial charge in [0, 0.05) is 22.2 Å². The number of rotatable bonds is 7. The van der Waals surface area contributed by atoms with Gasteiger partial charge >= 0.3 is 0 Å². The molecule has 152 valence electrons. The zero-order valence-corrected chi connectivity index (χ0v) is 16.9. The van der Waals surface area contributed by atoms with Crippen molar-refractivity contribution in [2.45, 2.75) is 6.04 Å². The zero-order valence-electron chi connectivity index (χ0n) is 15.3. The Hall–Kier alpha value is -2.38. The highest BCUT2D eigenvalue weighted by molar-refractivity contribution is 6.46. The molecule has 1 aliphatic rings. The van der Waals surface area contributed by atoms with E-state index in [0.717, 1.165) is 0 Å². The molecule has 2 aromatic carbocycles. The molecule has 1 aliphatic heterocycles. The van der Waals surface area contributed by atoms with Crippen molar-refractivity contribution in [1.82, 2.24) is 4.90 Å². The number of nitrogens with zero attached hydrogens (tertiary/aromatic N) is 1. The molecule has 0 aromatic heterocycles. The van der Waals surface area contributed by atoms with E-state index < -0.39 is 17.7 Å². The third-order valence-electron chi connectivity index (χ3n) is 4.56. The van der Waals surface area contributed by atoms with Crippen LogP contribution in [-0.2, 0) is 14.3 Å². The Kier molecular flexibility index (Phi) is 6.92. The van der Waals surface area contributed by atoms with Gasteiger partial charge in [-0.25, -0.2) is 0 Å². The van der Waals surface area contributed by atoms with E-state index >= 15 is 0 Å². The summed E-state index contributed by atoms with van der Waals surface area (Å²) in [5.74, 6) is -1.79. The highest BCUT2D eigenvalue weighted by Gasteiger charge is 2.45. The average molecular weight is 436 g/mol. The number of halogens is 2. The summed E-state index contributed by atoms with van der Waals surface area (Å²) in [5, 5.41) is 20.7. The molecule has 1 amide bonds. The van der Waals surface area contributed by atoms with Crippen molar-refractivity contribution >= 4 is 40.7 Å². The molecule has 8 heteroatoms. The molecule has 2 N–H and O–H groups in total. The van der Waals surface area contributed by atoms with E-state index in [1.165, 1.54) is 4.90 Å². The topological polar surface area (TPSA) is 87.1 Å². The molecule has 2 aromatic rings. The van der Waals surface area contributed by atoms with Gasteiger partial charge in [-0.3, -0.25) is 9.59 Å². The molecule has 29 heavy (non-hydrogen) atoms. The summed E-state index contributed by atoms with van der Waals surface area (Å²) in [6, 6.07) is 12.3. The number of Topliss-reactive ketones (excluding diaryl/α,β-unsaturated/α-hetero) is 1. The van der Waals surface area contributed by atoms with E-state index in [0.29, 0.717) is 21.2 Å². The largest absolute Gasteiger partial charge is 0.507 e. The maximum Gasteiger partial charge on any atom is 0.295 e. The van der Waals surface area contributed by atoms with Crippen molar-refractivity contribution in [3.05, 3.63) is 75.3 Å². The van der Waals surface area contributed by atoms with Gasteiger partial charge in [0.25, 0.3) is 11.7 Å². The van der Waals surface area contributed by atoms with Gasteiger partial charge in [0.15, 0.2) is 0 Å². The quantitative estimate of drug-likeness (QED) is 0.301. The highest BCUT2D eigenvalue weighted by Crippen LogP contribution is 2.39. The highest BCUT2D eigenvalue weighted by atomic mass is 35.5. The number of aliphatic hydroxyl groups excluding tert-OH is 2. The summed E-state index contributed by atoms with van der Waals surface area (Å²) in [6.45, 7) is 0.240. The van der Waals surface area contributed by atoms with Crippen LogP contribution >= 0.6 is 23.2 Å². The first-order chi connectivity index (χ1) is 13.9. The molecule has 3 rings (SSSR count). The Morgan fingerprint density at radius 1 is 0.966 bits per heavy atom. The Morgan fingerprint density at radius 2 is 1.55 bits per heavy atom. The fraction of sp³-hybridized carbons (Fsp3) is 0.238. The molecule has 0 radical (unpaired) electrons. The van der Waals surface area contributed by atoms with Crippen molar-refractivity contribution in [1.29, 1.82) is 0 Å². The van der Waals surface area contributed by atoms with E-state index in [2.05, 4.69) is 0 Å². The number of aliphatic hydroxyl groups is 2. The van der Waals surface area contributed by atoms with Gasteiger partial charge < -0.3 is 19.8 Å².